The molecule has 3 aliphatic heterocycles. The van der Waals surface area contributed by atoms with Crippen molar-refractivity contribution < 1.29 is 28.3 Å². The molecule has 2 saturated heterocycles. The van der Waals surface area contributed by atoms with E-state index in [2.05, 4.69) is 44.7 Å². The molecule has 5 aromatic rings. The van der Waals surface area contributed by atoms with Crippen LogP contribution in [0.5, 0.6) is 5.75 Å². The summed E-state index contributed by atoms with van der Waals surface area (Å²) in [5.74, 6) is -1.61. The van der Waals surface area contributed by atoms with Crippen molar-refractivity contribution in [3.05, 3.63) is 112 Å². The molecule has 0 aliphatic carbocycles. The summed E-state index contributed by atoms with van der Waals surface area (Å²) in [6.07, 6.45) is 5.02. The van der Waals surface area contributed by atoms with E-state index in [0.29, 0.717) is 49.2 Å². The van der Waals surface area contributed by atoms with Crippen molar-refractivity contribution in [1.82, 2.24) is 25.1 Å². The number of ether oxygens (including phenoxy) is 1. The van der Waals surface area contributed by atoms with Crippen molar-refractivity contribution in [3.63, 3.8) is 0 Å². The topological polar surface area (TPSA) is 137 Å². The van der Waals surface area contributed by atoms with Gasteiger partial charge in [-0.15, -0.1) is 0 Å². The zero-order chi connectivity index (χ0) is 36.8. The van der Waals surface area contributed by atoms with Crippen molar-refractivity contribution in [2.24, 2.45) is 0 Å². The molecule has 0 spiro atoms. The molecule has 2 aromatic heterocycles. The smallest absolute Gasteiger partial charge is 0.259 e. The van der Waals surface area contributed by atoms with Gasteiger partial charge in [-0.1, -0.05) is 30.3 Å². The van der Waals surface area contributed by atoms with Crippen molar-refractivity contribution in [2.75, 3.05) is 25.5 Å². The SMILES string of the molecule is Cc1cc(CCOc2ccc(C(=O)Nc3cc4[nH]c([C@H]5CCCN5C)cc4cn3)c(F)c2)ccc1-c1cccc2c1CN(C1CCC(=O)NC1=O)C2=O. The number of H-pyrrole nitrogens is 1. The van der Waals surface area contributed by atoms with E-state index in [1.54, 1.807) is 29.3 Å². The number of aromatic nitrogens is 2. The van der Waals surface area contributed by atoms with Gasteiger partial charge in [0.25, 0.3) is 11.8 Å². The first-order valence-electron chi connectivity index (χ1n) is 17.9. The molecule has 8 rings (SSSR count). The number of carbonyl (C=O) groups is 4. The van der Waals surface area contributed by atoms with Crippen LogP contribution in [0.2, 0.25) is 0 Å². The van der Waals surface area contributed by atoms with Gasteiger partial charge in [0.1, 0.15) is 23.4 Å². The number of halogens is 1. The van der Waals surface area contributed by atoms with Crippen molar-refractivity contribution >= 4 is 40.3 Å². The Morgan fingerprint density at radius 2 is 1.85 bits per heavy atom. The number of imide groups is 1. The van der Waals surface area contributed by atoms with Crippen LogP contribution in [-0.4, -0.2) is 69.6 Å². The molecule has 0 saturated carbocycles. The Hall–Kier alpha value is -5.88. The summed E-state index contributed by atoms with van der Waals surface area (Å²) in [5.41, 5.74) is 7.22. The van der Waals surface area contributed by atoms with Gasteiger partial charge in [0.05, 0.1) is 17.7 Å². The Labute approximate surface area is 305 Å². The highest BCUT2D eigenvalue weighted by Gasteiger charge is 2.40. The molecule has 270 valence electrons. The number of pyridine rings is 1. The summed E-state index contributed by atoms with van der Waals surface area (Å²) in [7, 11) is 2.11. The number of hydrogen-bond donors (Lipinski definition) is 3. The first-order chi connectivity index (χ1) is 25.6. The van der Waals surface area contributed by atoms with Crippen LogP contribution in [0.1, 0.15) is 74.8 Å². The predicted molar refractivity (Wildman–Crippen MR) is 197 cm³/mol. The first kappa shape index (κ1) is 34.2. The van der Waals surface area contributed by atoms with Crippen molar-refractivity contribution in [3.8, 4) is 16.9 Å². The molecule has 0 bridgehead atoms. The summed E-state index contributed by atoms with van der Waals surface area (Å²) in [6.45, 7) is 3.65. The van der Waals surface area contributed by atoms with Gasteiger partial charge < -0.3 is 19.9 Å². The number of hydrogen-bond acceptors (Lipinski definition) is 7. The number of piperidine rings is 1. The summed E-state index contributed by atoms with van der Waals surface area (Å²) < 4.78 is 21.0. The Kier molecular flexibility index (Phi) is 8.99. The molecule has 1 unspecified atom stereocenters. The summed E-state index contributed by atoms with van der Waals surface area (Å²) >= 11 is 0. The van der Waals surface area contributed by atoms with E-state index in [4.69, 9.17) is 4.74 Å². The molecule has 5 heterocycles. The molecular weight excluding hydrogens is 675 g/mol. The quantitative estimate of drug-likeness (QED) is 0.158. The Bertz CT molecular complexity index is 2300. The third kappa shape index (κ3) is 6.66. The highest BCUT2D eigenvalue weighted by molar-refractivity contribution is 6.06. The summed E-state index contributed by atoms with van der Waals surface area (Å²) in [4.78, 5) is 62.2. The second kappa shape index (κ2) is 13.9. The lowest BCUT2D eigenvalue weighted by molar-refractivity contribution is -0.136. The number of nitrogens with one attached hydrogen (secondary N) is 3. The van der Waals surface area contributed by atoms with E-state index in [0.717, 1.165) is 63.8 Å². The number of fused-ring (bicyclic) bond motifs is 2. The summed E-state index contributed by atoms with van der Waals surface area (Å²) in [5, 5.41) is 6.02. The van der Waals surface area contributed by atoms with Gasteiger partial charge in [-0.3, -0.25) is 29.4 Å². The number of benzene rings is 3. The van der Waals surface area contributed by atoms with Crippen LogP contribution in [0, 0.1) is 12.7 Å². The first-order valence-corrected chi connectivity index (χ1v) is 17.9. The number of likely N-dealkylation sites (tertiary alicyclic amines) is 1. The van der Waals surface area contributed by atoms with Crippen molar-refractivity contribution in [2.45, 2.75) is 57.7 Å². The minimum Gasteiger partial charge on any atom is -0.493 e. The molecular formula is C41H39FN6O5. The maximum atomic E-state index is 15.1. The molecule has 12 heteroatoms. The van der Waals surface area contributed by atoms with Gasteiger partial charge >= 0.3 is 0 Å². The monoisotopic (exact) mass is 714 g/mol. The Balaban J connectivity index is 0.883. The van der Waals surface area contributed by atoms with Crippen LogP contribution in [0.25, 0.3) is 22.0 Å². The minimum absolute atomic E-state index is 0.112. The zero-order valence-electron chi connectivity index (χ0n) is 29.5. The van der Waals surface area contributed by atoms with E-state index in [-0.39, 0.29) is 23.8 Å². The molecule has 3 N–H and O–H groups in total. The van der Waals surface area contributed by atoms with Crippen LogP contribution in [0.3, 0.4) is 0 Å². The van der Waals surface area contributed by atoms with E-state index in [1.165, 1.54) is 12.1 Å². The van der Waals surface area contributed by atoms with Gasteiger partial charge in [-0.25, -0.2) is 9.37 Å². The lowest BCUT2D eigenvalue weighted by atomic mass is 9.92. The highest BCUT2D eigenvalue weighted by atomic mass is 19.1. The second-order valence-electron chi connectivity index (χ2n) is 14.1. The maximum absolute atomic E-state index is 15.1. The number of aromatic amines is 1. The van der Waals surface area contributed by atoms with E-state index in [1.807, 2.05) is 31.2 Å². The van der Waals surface area contributed by atoms with E-state index in [9.17, 15) is 19.2 Å². The molecule has 11 nitrogen and oxygen atoms in total. The Morgan fingerprint density at radius 1 is 1.00 bits per heavy atom. The van der Waals surface area contributed by atoms with Gasteiger partial charge in [-0.2, -0.15) is 0 Å². The third-order valence-electron chi connectivity index (χ3n) is 10.7. The fourth-order valence-electron chi connectivity index (χ4n) is 7.86. The maximum Gasteiger partial charge on any atom is 0.259 e. The third-order valence-corrected chi connectivity index (χ3v) is 10.7. The van der Waals surface area contributed by atoms with Crippen LogP contribution < -0.4 is 15.4 Å². The fraction of sp³-hybridized carbons (Fsp3) is 0.293. The molecule has 2 fully saturated rings. The Morgan fingerprint density at radius 3 is 2.62 bits per heavy atom. The van der Waals surface area contributed by atoms with Crippen LogP contribution in [0.4, 0.5) is 10.2 Å². The summed E-state index contributed by atoms with van der Waals surface area (Å²) in [6, 6.07) is 19.4. The van der Waals surface area contributed by atoms with Gasteiger partial charge in [-0.05, 0) is 91.9 Å². The molecule has 53 heavy (non-hydrogen) atoms. The molecule has 2 atom stereocenters. The number of aryl methyl sites for hydroxylation is 1. The van der Waals surface area contributed by atoms with Crippen LogP contribution in [-0.2, 0) is 22.6 Å². The standard InChI is InChI=1S/C41H39FN6O5/c1-23-17-24(8-10-27(23)28-5-3-6-29-31(28)22-48(41(29)52)36-12-13-38(49)46-40(36)51)14-16-53-26-9-11-30(32(42)19-26)39(50)45-37-20-33-25(21-43-37)18-34(44-33)35-7-4-15-47(35)2/h3,5-6,8-11,17-21,35-36,44H,4,7,12-16,22H2,1-2H3,(H,43,45,50)(H,46,49,51)/t35-,36?/m1/s1. The lowest BCUT2D eigenvalue weighted by Crippen LogP contribution is -2.52. The fourth-order valence-corrected chi connectivity index (χ4v) is 7.86. The lowest BCUT2D eigenvalue weighted by Gasteiger charge is -2.29. The van der Waals surface area contributed by atoms with Crippen molar-refractivity contribution in [1.29, 1.82) is 0 Å². The number of anilines is 1. The largest absolute Gasteiger partial charge is 0.493 e. The number of nitrogens with zero attached hydrogens (tertiary/aromatic N) is 3. The highest BCUT2D eigenvalue weighted by Crippen LogP contribution is 2.37. The number of amides is 4. The molecule has 3 aromatic carbocycles. The molecule has 4 amide bonds. The molecule has 0 radical (unpaired) electrons. The average Bonchev–Trinajstić information content (AvgIpc) is 3.85. The molecule has 3 aliphatic rings. The van der Waals surface area contributed by atoms with Crippen LogP contribution in [0.15, 0.2) is 72.9 Å². The van der Waals surface area contributed by atoms with Gasteiger partial charge in [0.15, 0.2) is 0 Å². The van der Waals surface area contributed by atoms with Crippen LogP contribution >= 0.6 is 0 Å². The average molecular weight is 715 g/mol. The zero-order valence-corrected chi connectivity index (χ0v) is 29.5. The van der Waals surface area contributed by atoms with E-state index >= 15 is 4.39 Å². The van der Waals surface area contributed by atoms with Gasteiger partial charge in [0.2, 0.25) is 11.8 Å². The number of rotatable bonds is 9. The number of carbonyl (C=O) groups excluding carboxylic acids is 4. The predicted octanol–water partition coefficient (Wildman–Crippen LogP) is 6.08. The van der Waals surface area contributed by atoms with Gasteiger partial charge in [0, 0.05) is 60.4 Å². The normalized spacial score (nSPS) is 18.8. The van der Waals surface area contributed by atoms with E-state index < -0.39 is 23.7 Å². The second-order valence-corrected chi connectivity index (χ2v) is 14.1. The minimum atomic E-state index is -0.697.